The van der Waals surface area contributed by atoms with Gasteiger partial charge in [-0.15, -0.1) is 0 Å². The molecule has 1 aromatic heterocycles. The summed E-state index contributed by atoms with van der Waals surface area (Å²) >= 11 is 0. The number of amides is 1. The molecule has 0 saturated heterocycles. The van der Waals surface area contributed by atoms with Crippen molar-refractivity contribution < 1.29 is 4.79 Å². The van der Waals surface area contributed by atoms with E-state index in [9.17, 15) is 4.79 Å². The van der Waals surface area contributed by atoms with E-state index in [2.05, 4.69) is 15.0 Å². The Labute approximate surface area is 168 Å². The highest BCUT2D eigenvalue weighted by atomic mass is 16.2. The SMILES string of the molecule is CC1=N/C(=C\c2ccccc2)C(=O)N1c1cccc(-c2nc3ccccc3[nH]2)c1. The molecule has 0 aliphatic carbocycles. The van der Waals surface area contributed by atoms with E-state index in [0.29, 0.717) is 11.5 Å². The molecular weight excluding hydrogens is 360 g/mol. The summed E-state index contributed by atoms with van der Waals surface area (Å²) in [5, 5.41) is 0. The van der Waals surface area contributed by atoms with Crippen LogP contribution in [-0.4, -0.2) is 21.7 Å². The van der Waals surface area contributed by atoms with Gasteiger partial charge in [-0.25, -0.2) is 9.98 Å². The first-order valence-corrected chi connectivity index (χ1v) is 9.41. The summed E-state index contributed by atoms with van der Waals surface area (Å²) in [6.45, 7) is 1.84. The maximum Gasteiger partial charge on any atom is 0.282 e. The normalized spacial score (nSPS) is 15.3. The lowest BCUT2D eigenvalue weighted by Crippen LogP contribution is -2.30. The van der Waals surface area contributed by atoms with Crippen LogP contribution in [0.3, 0.4) is 0 Å². The Bertz CT molecular complexity index is 1250. The monoisotopic (exact) mass is 378 g/mol. The minimum absolute atomic E-state index is 0.131. The van der Waals surface area contributed by atoms with Gasteiger partial charge in [-0.2, -0.15) is 0 Å². The molecule has 29 heavy (non-hydrogen) atoms. The molecule has 0 radical (unpaired) electrons. The zero-order valence-corrected chi connectivity index (χ0v) is 15.8. The Morgan fingerprint density at radius 2 is 1.72 bits per heavy atom. The number of nitrogens with zero attached hydrogens (tertiary/aromatic N) is 3. The summed E-state index contributed by atoms with van der Waals surface area (Å²) in [6, 6.07) is 25.4. The second kappa shape index (κ2) is 6.87. The molecule has 1 N–H and O–H groups in total. The third-order valence-corrected chi connectivity index (χ3v) is 4.90. The second-order valence-electron chi connectivity index (χ2n) is 6.89. The molecule has 1 amide bonds. The lowest BCUT2D eigenvalue weighted by Gasteiger charge is -2.16. The number of imidazole rings is 1. The van der Waals surface area contributed by atoms with Crippen LogP contribution < -0.4 is 4.90 Å². The molecule has 5 rings (SSSR count). The van der Waals surface area contributed by atoms with Crippen molar-refractivity contribution in [2.75, 3.05) is 4.90 Å². The van der Waals surface area contributed by atoms with E-state index in [-0.39, 0.29) is 5.91 Å². The highest BCUT2D eigenvalue weighted by Crippen LogP contribution is 2.29. The predicted molar refractivity (Wildman–Crippen MR) is 117 cm³/mol. The quantitative estimate of drug-likeness (QED) is 0.508. The van der Waals surface area contributed by atoms with Crippen LogP contribution in [0.1, 0.15) is 12.5 Å². The van der Waals surface area contributed by atoms with Gasteiger partial charge in [0.15, 0.2) is 0 Å². The number of carbonyl (C=O) groups is 1. The molecular formula is C24H18N4O. The van der Waals surface area contributed by atoms with Gasteiger partial charge in [0.1, 0.15) is 17.4 Å². The zero-order chi connectivity index (χ0) is 19.8. The number of aromatic nitrogens is 2. The maximum atomic E-state index is 13.0. The standard InChI is InChI=1S/C24H18N4O/c1-16-25-22(14-17-8-3-2-4-9-17)24(29)28(16)19-11-7-10-18(15-19)23-26-20-12-5-6-13-21(20)27-23/h2-15H,1H3,(H,26,27)/b22-14-. The highest BCUT2D eigenvalue weighted by Gasteiger charge is 2.29. The van der Waals surface area contributed by atoms with E-state index in [4.69, 9.17) is 0 Å². The lowest BCUT2D eigenvalue weighted by atomic mass is 10.1. The van der Waals surface area contributed by atoms with Crippen molar-refractivity contribution in [3.63, 3.8) is 0 Å². The van der Waals surface area contributed by atoms with E-state index in [1.54, 1.807) is 4.90 Å². The Balaban J connectivity index is 1.50. The molecule has 0 spiro atoms. The summed E-state index contributed by atoms with van der Waals surface area (Å²) in [5.74, 6) is 1.29. The lowest BCUT2D eigenvalue weighted by molar-refractivity contribution is -0.113. The van der Waals surface area contributed by atoms with Crippen LogP contribution in [-0.2, 0) is 4.79 Å². The van der Waals surface area contributed by atoms with Gasteiger partial charge in [0.05, 0.1) is 16.7 Å². The molecule has 3 aromatic carbocycles. The van der Waals surface area contributed by atoms with Crippen LogP contribution in [0, 0.1) is 0 Å². The molecule has 5 heteroatoms. The number of anilines is 1. The van der Waals surface area contributed by atoms with Crippen LogP contribution in [0.15, 0.2) is 89.6 Å². The number of nitrogens with one attached hydrogen (secondary N) is 1. The summed E-state index contributed by atoms with van der Waals surface area (Å²) in [6.07, 6.45) is 1.81. The van der Waals surface area contributed by atoms with Crippen molar-refractivity contribution in [2.24, 2.45) is 4.99 Å². The predicted octanol–water partition coefficient (Wildman–Crippen LogP) is 5.04. The molecule has 140 valence electrons. The van der Waals surface area contributed by atoms with Crippen LogP contribution in [0.2, 0.25) is 0 Å². The van der Waals surface area contributed by atoms with Crippen LogP contribution in [0.4, 0.5) is 5.69 Å². The first-order valence-electron chi connectivity index (χ1n) is 9.41. The molecule has 1 aliphatic heterocycles. The average molecular weight is 378 g/mol. The van der Waals surface area contributed by atoms with E-state index in [1.165, 1.54) is 0 Å². The van der Waals surface area contributed by atoms with Crippen molar-refractivity contribution >= 4 is 34.5 Å². The summed E-state index contributed by atoms with van der Waals surface area (Å²) in [5.41, 5.74) is 4.96. The van der Waals surface area contributed by atoms with E-state index < -0.39 is 0 Å². The first kappa shape index (κ1) is 17.1. The smallest absolute Gasteiger partial charge is 0.282 e. The fourth-order valence-corrected chi connectivity index (χ4v) is 3.52. The van der Waals surface area contributed by atoms with E-state index in [1.807, 2.05) is 91.9 Å². The number of para-hydroxylation sites is 2. The minimum atomic E-state index is -0.131. The van der Waals surface area contributed by atoms with Crippen LogP contribution in [0.5, 0.6) is 0 Å². The third kappa shape index (κ3) is 3.12. The molecule has 4 aromatic rings. The van der Waals surface area contributed by atoms with Crippen LogP contribution >= 0.6 is 0 Å². The molecule has 0 bridgehead atoms. The van der Waals surface area contributed by atoms with Gasteiger partial charge in [-0.1, -0.05) is 54.6 Å². The Morgan fingerprint density at radius 1 is 0.931 bits per heavy atom. The maximum absolute atomic E-state index is 13.0. The van der Waals surface area contributed by atoms with Crippen molar-refractivity contribution in [3.8, 4) is 11.4 Å². The number of H-pyrrole nitrogens is 1. The number of benzene rings is 3. The first-order chi connectivity index (χ1) is 14.2. The van der Waals surface area contributed by atoms with E-state index in [0.717, 1.165) is 33.7 Å². The van der Waals surface area contributed by atoms with Gasteiger partial charge in [-0.05, 0) is 42.8 Å². The molecule has 0 atom stereocenters. The molecule has 1 aliphatic rings. The van der Waals surface area contributed by atoms with Crippen molar-refractivity contribution in [2.45, 2.75) is 6.92 Å². The van der Waals surface area contributed by atoms with Gasteiger partial charge >= 0.3 is 0 Å². The fraction of sp³-hybridized carbons (Fsp3) is 0.0417. The summed E-state index contributed by atoms with van der Waals surface area (Å²) < 4.78 is 0. The minimum Gasteiger partial charge on any atom is -0.338 e. The number of fused-ring (bicyclic) bond motifs is 1. The van der Waals surface area contributed by atoms with Gasteiger partial charge < -0.3 is 4.98 Å². The topological polar surface area (TPSA) is 61.4 Å². The Morgan fingerprint density at radius 3 is 2.55 bits per heavy atom. The highest BCUT2D eigenvalue weighted by molar-refractivity contribution is 6.28. The molecule has 5 nitrogen and oxygen atoms in total. The number of amidine groups is 1. The van der Waals surface area contributed by atoms with Gasteiger partial charge in [-0.3, -0.25) is 9.69 Å². The number of rotatable bonds is 3. The fourth-order valence-electron chi connectivity index (χ4n) is 3.52. The number of hydrogen-bond acceptors (Lipinski definition) is 3. The number of aliphatic imine (C=N–C) groups is 1. The molecule has 0 fully saturated rings. The Hall–Kier alpha value is -3.99. The average Bonchev–Trinajstić information content (AvgIpc) is 3.30. The number of carbonyl (C=O) groups excluding carboxylic acids is 1. The van der Waals surface area contributed by atoms with Gasteiger partial charge in [0.2, 0.25) is 0 Å². The summed E-state index contributed by atoms with van der Waals surface area (Å²) in [4.78, 5) is 27.2. The van der Waals surface area contributed by atoms with Crippen molar-refractivity contribution in [1.82, 2.24) is 9.97 Å². The van der Waals surface area contributed by atoms with Crippen LogP contribution in [0.25, 0.3) is 28.5 Å². The van der Waals surface area contributed by atoms with Gasteiger partial charge in [0, 0.05) is 5.56 Å². The third-order valence-electron chi connectivity index (χ3n) is 4.90. The van der Waals surface area contributed by atoms with Crippen molar-refractivity contribution in [3.05, 3.63) is 90.1 Å². The largest absolute Gasteiger partial charge is 0.338 e. The number of aromatic amines is 1. The zero-order valence-electron chi connectivity index (χ0n) is 15.8. The second-order valence-corrected chi connectivity index (χ2v) is 6.89. The van der Waals surface area contributed by atoms with E-state index >= 15 is 0 Å². The number of hydrogen-bond donors (Lipinski definition) is 1. The molecule has 0 saturated carbocycles. The Kier molecular flexibility index (Phi) is 4.06. The summed E-state index contributed by atoms with van der Waals surface area (Å²) in [7, 11) is 0. The van der Waals surface area contributed by atoms with Crippen molar-refractivity contribution in [1.29, 1.82) is 0 Å². The van der Waals surface area contributed by atoms with Gasteiger partial charge in [0.25, 0.3) is 5.91 Å². The molecule has 0 unspecified atom stereocenters. The molecule has 2 heterocycles.